The third-order valence-corrected chi connectivity index (χ3v) is 3.96. The van der Waals surface area contributed by atoms with Crippen molar-refractivity contribution in [2.45, 2.75) is 31.5 Å². The van der Waals surface area contributed by atoms with Crippen molar-refractivity contribution in [1.29, 1.82) is 0 Å². The number of aromatic nitrogens is 3. The molecule has 2 aromatic rings. The van der Waals surface area contributed by atoms with Crippen LogP contribution in [0.4, 0.5) is 4.79 Å². The zero-order chi connectivity index (χ0) is 17.7. The molecule has 1 heterocycles. The van der Waals surface area contributed by atoms with Crippen LogP contribution in [-0.4, -0.2) is 38.0 Å². The summed E-state index contributed by atoms with van der Waals surface area (Å²) in [6.45, 7) is 5.53. The summed E-state index contributed by atoms with van der Waals surface area (Å²) >= 11 is 1.23. The molecule has 3 amide bonds. The molecule has 0 bridgehead atoms. The maximum atomic E-state index is 11.9. The summed E-state index contributed by atoms with van der Waals surface area (Å²) in [5.74, 6) is 0.424. The summed E-state index contributed by atoms with van der Waals surface area (Å²) in [6.07, 6.45) is 0. The molecule has 0 saturated carbocycles. The van der Waals surface area contributed by atoms with Crippen molar-refractivity contribution in [3.8, 4) is 11.4 Å². The number of urea groups is 1. The molecule has 0 spiro atoms. The Balaban J connectivity index is 1.92. The van der Waals surface area contributed by atoms with E-state index >= 15 is 0 Å². The van der Waals surface area contributed by atoms with Crippen LogP contribution in [0, 0.1) is 0 Å². The quantitative estimate of drug-likeness (QED) is 0.828. The van der Waals surface area contributed by atoms with Crippen molar-refractivity contribution in [2.24, 2.45) is 7.05 Å². The van der Waals surface area contributed by atoms with Gasteiger partial charge in [-0.25, -0.2) is 4.79 Å². The molecule has 0 radical (unpaired) electrons. The molecule has 0 unspecified atom stereocenters. The average Bonchev–Trinajstić information content (AvgIpc) is 2.85. The summed E-state index contributed by atoms with van der Waals surface area (Å²) in [4.78, 5) is 23.5. The number of hydrogen-bond donors (Lipinski definition) is 2. The lowest BCUT2D eigenvalue weighted by atomic mass is 10.1. The highest BCUT2D eigenvalue weighted by molar-refractivity contribution is 7.99. The first-order chi connectivity index (χ1) is 11.3. The highest BCUT2D eigenvalue weighted by atomic mass is 32.2. The van der Waals surface area contributed by atoms with E-state index in [1.54, 1.807) is 0 Å². The Kier molecular flexibility index (Phi) is 5.61. The minimum Gasteiger partial charge on any atom is -0.333 e. The molecule has 2 rings (SSSR count). The second-order valence-corrected chi connectivity index (χ2v) is 7.21. The van der Waals surface area contributed by atoms with Gasteiger partial charge in [-0.3, -0.25) is 10.1 Å². The number of carbonyl (C=O) groups is 2. The molecular formula is C16H21N5O2S. The van der Waals surface area contributed by atoms with Crippen molar-refractivity contribution in [3.05, 3.63) is 30.3 Å². The zero-order valence-electron chi connectivity index (χ0n) is 14.2. The van der Waals surface area contributed by atoms with Crippen LogP contribution >= 0.6 is 11.8 Å². The van der Waals surface area contributed by atoms with Gasteiger partial charge < -0.3 is 9.88 Å². The minimum atomic E-state index is -0.504. The van der Waals surface area contributed by atoms with Crippen LogP contribution in [0.2, 0.25) is 0 Å². The number of nitrogens with one attached hydrogen (secondary N) is 2. The second kappa shape index (κ2) is 7.48. The van der Waals surface area contributed by atoms with Gasteiger partial charge in [-0.1, -0.05) is 42.1 Å². The van der Waals surface area contributed by atoms with E-state index in [4.69, 9.17) is 0 Å². The molecule has 0 atom stereocenters. The number of imide groups is 1. The highest BCUT2D eigenvalue weighted by Gasteiger charge is 2.17. The van der Waals surface area contributed by atoms with Crippen LogP contribution in [0.15, 0.2) is 35.5 Å². The average molecular weight is 347 g/mol. The summed E-state index contributed by atoms with van der Waals surface area (Å²) in [6, 6.07) is 9.18. The molecule has 0 aliphatic carbocycles. The van der Waals surface area contributed by atoms with Crippen LogP contribution < -0.4 is 10.6 Å². The molecule has 0 fully saturated rings. The Morgan fingerprint density at radius 3 is 2.46 bits per heavy atom. The topological polar surface area (TPSA) is 88.9 Å². The van der Waals surface area contributed by atoms with E-state index in [9.17, 15) is 9.59 Å². The van der Waals surface area contributed by atoms with Crippen LogP contribution in [0.25, 0.3) is 11.4 Å². The van der Waals surface area contributed by atoms with E-state index in [0.717, 1.165) is 11.4 Å². The Morgan fingerprint density at radius 2 is 1.83 bits per heavy atom. The zero-order valence-corrected chi connectivity index (χ0v) is 15.0. The molecule has 0 aliphatic heterocycles. The van der Waals surface area contributed by atoms with E-state index in [2.05, 4.69) is 20.8 Å². The van der Waals surface area contributed by atoms with Crippen LogP contribution in [0.1, 0.15) is 20.8 Å². The Hall–Kier alpha value is -2.35. The van der Waals surface area contributed by atoms with Gasteiger partial charge in [0.15, 0.2) is 11.0 Å². The molecule has 0 aliphatic rings. The number of thioether (sulfide) groups is 1. The van der Waals surface area contributed by atoms with Crippen molar-refractivity contribution in [3.63, 3.8) is 0 Å². The van der Waals surface area contributed by atoms with E-state index in [-0.39, 0.29) is 11.7 Å². The van der Waals surface area contributed by atoms with Crippen LogP contribution in [0.3, 0.4) is 0 Å². The molecular weight excluding hydrogens is 326 g/mol. The number of carbonyl (C=O) groups excluding carboxylic acids is 2. The first-order valence-corrected chi connectivity index (χ1v) is 8.44. The van der Waals surface area contributed by atoms with Crippen molar-refractivity contribution >= 4 is 23.7 Å². The van der Waals surface area contributed by atoms with Gasteiger partial charge in [-0.15, -0.1) is 10.2 Å². The fraction of sp³-hybridized carbons (Fsp3) is 0.375. The van der Waals surface area contributed by atoms with E-state index in [1.165, 1.54) is 11.8 Å². The number of hydrogen-bond acceptors (Lipinski definition) is 5. The number of rotatable bonds is 4. The number of benzene rings is 1. The lowest BCUT2D eigenvalue weighted by Crippen LogP contribution is -2.48. The first kappa shape index (κ1) is 18.0. The van der Waals surface area contributed by atoms with Crippen LogP contribution in [0.5, 0.6) is 0 Å². The van der Waals surface area contributed by atoms with Crippen molar-refractivity contribution in [1.82, 2.24) is 25.4 Å². The molecule has 8 heteroatoms. The number of amides is 3. The minimum absolute atomic E-state index is 0.0817. The Morgan fingerprint density at radius 1 is 1.17 bits per heavy atom. The van der Waals surface area contributed by atoms with Gasteiger partial charge in [0.2, 0.25) is 5.91 Å². The third kappa shape index (κ3) is 5.09. The van der Waals surface area contributed by atoms with Gasteiger partial charge in [0, 0.05) is 18.2 Å². The van der Waals surface area contributed by atoms with Gasteiger partial charge in [-0.05, 0) is 20.8 Å². The first-order valence-electron chi connectivity index (χ1n) is 7.46. The SMILES string of the molecule is Cn1c(SCC(=O)NC(=O)NC(C)(C)C)nnc1-c1ccccc1. The highest BCUT2D eigenvalue weighted by Crippen LogP contribution is 2.22. The van der Waals surface area contributed by atoms with E-state index < -0.39 is 11.6 Å². The van der Waals surface area contributed by atoms with Crippen molar-refractivity contribution in [2.75, 3.05) is 5.75 Å². The van der Waals surface area contributed by atoms with Gasteiger partial charge >= 0.3 is 6.03 Å². The van der Waals surface area contributed by atoms with E-state index in [1.807, 2.05) is 62.7 Å². The standard InChI is InChI=1S/C16H21N5O2S/c1-16(2,3)18-14(23)17-12(22)10-24-15-20-19-13(21(15)4)11-8-6-5-7-9-11/h5-9H,10H2,1-4H3,(H2,17,18,22,23). The fourth-order valence-corrected chi connectivity index (χ4v) is 2.65. The van der Waals surface area contributed by atoms with Gasteiger partial charge in [0.05, 0.1) is 5.75 Å². The molecule has 24 heavy (non-hydrogen) atoms. The second-order valence-electron chi connectivity index (χ2n) is 6.27. The maximum Gasteiger partial charge on any atom is 0.321 e. The normalized spacial score (nSPS) is 11.2. The molecule has 0 saturated heterocycles. The van der Waals surface area contributed by atoms with Crippen molar-refractivity contribution < 1.29 is 9.59 Å². The van der Waals surface area contributed by atoms with Gasteiger partial charge in [0.1, 0.15) is 0 Å². The molecule has 7 nitrogen and oxygen atoms in total. The predicted octanol–water partition coefficient (Wildman–Crippen LogP) is 2.20. The van der Waals surface area contributed by atoms with Gasteiger partial charge in [-0.2, -0.15) is 0 Å². The van der Waals surface area contributed by atoms with E-state index in [0.29, 0.717) is 5.16 Å². The summed E-state index contributed by atoms with van der Waals surface area (Å²) < 4.78 is 1.82. The molecule has 1 aromatic heterocycles. The Labute approximate surface area is 145 Å². The summed E-state index contributed by atoms with van der Waals surface area (Å²) in [7, 11) is 1.84. The summed E-state index contributed by atoms with van der Waals surface area (Å²) in [5, 5.41) is 13.8. The smallest absolute Gasteiger partial charge is 0.321 e. The third-order valence-electron chi connectivity index (χ3n) is 2.94. The predicted molar refractivity (Wildman–Crippen MR) is 93.6 cm³/mol. The number of nitrogens with zero attached hydrogens (tertiary/aromatic N) is 3. The van der Waals surface area contributed by atoms with Gasteiger partial charge in [0.25, 0.3) is 0 Å². The maximum absolute atomic E-state index is 11.9. The fourth-order valence-electron chi connectivity index (χ4n) is 1.94. The largest absolute Gasteiger partial charge is 0.333 e. The molecule has 1 aromatic carbocycles. The Bertz CT molecular complexity index is 722. The lowest BCUT2D eigenvalue weighted by Gasteiger charge is -2.20. The molecule has 2 N–H and O–H groups in total. The lowest BCUT2D eigenvalue weighted by molar-refractivity contribution is -0.117. The van der Waals surface area contributed by atoms with Crippen LogP contribution in [-0.2, 0) is 11.8 Å². The molecule has 128 valence electrons. The monoisotopic (exact) mass is 347 g/mol. The summed E-state index contributed by atoms with van der Waals surface area (Å²) in [5.41, 5.74) is 0.555.